The van der Waals surface area contributed by atoms with E-state index in [1.165, 1.54) is 5.56 Å². The van der Waals surface area contributed by atoms with Crippen LogP contribution in [0.3, 0.4) is 0 Å². The van der Waals surface area contributed by atoms with Crippen molar-refractivity contribution in [1.29, 1.82) is 0 Å². The van der Waals surface area contributed by atoms with Crippen LogP contribution in [0, 0.1) is 6.92 Å². The highest BCUT2D eigenvalue weighted by atomic mass is 35.5. The van der Waals surface area contributed by atoms with E-state index >= 15 is 0 Å². The topological polar surface area (TPSA) is 0 Å². The monoisotopic (exact) mass is 186 g/mol. The van der Waals surface area contributed by atoms with Crippen LogP contribution in [0.1, 0.15) is 11.1 Å². The summed E-state index contributed by atoms with van der Waals surface area (Å²) in [5.41, 5.74) is 2.45. The summed E-state index contributed by atoms with van der Waals surface area (Å²) in [4.78, 5) is 0. The zero-order chi connectivity index (χ0) is 8.27. The lowest BCUT2D eigenvalue weighted by Gasteiger charge is -2.01. The lowest BCUT2D eigenvalue weighted by molar-refractivity contribution is 1.15. The number of hydrogen-bond acceptors (Lipinski definition) is 1. The van der Waals surface area contributed by atoms with Crippen molar-refractivity contribution in [2.75, 3.05) is 5.75 Å². The molecule has 0 saturated heterocycles. The van der Waals surface area contributed by atoms with Crippen molar-refractivity contribution in [1.82, 2.24) is 0 Å². The first-order chi connectivity index (χ1) is 5.24. The van der Waals surface area contributed by atoms with Gasteiger partial charge in [-0.1, -0.05) is 23.7 Å². The van der Waals surface area contributed by atoms with Gasteiger partial charge in [-0.05, 0) is 36.3 Å². The van der Waals surface area contributed by atoms with E-state index < -0.39 is 0 Å². The number of rotatable bonds is 2. The zero-order valence-corrected chi connectivity index (χ0v) is 8.12. The van der Waals surface area contributed by atoms with Crippen molar-refractivity contribution >= 4 is 24.2 Å². The molecule has 0 saturated carbocycles. The number of thiol groups is 1. The van der Waals surface area contributed by atoms with Gasteiger partial charge in [-0.15, -0.1) is 0 Å². The molecule has 0 aliphatic heterocycles. The number of halogens is 1. The predicted octanol–water partition coefficient (Wildman–Crippen LogP) is 3.12. The fourth-order valence-corrected chi connectivity index (χ4v) is 1.37. The third-order valence-electron chi connectivity index (χ3n) is 1.62. The first kappa shape index (κ1) is 8.95. The van der Waals surface area contributed by atoms with Crippen molar-refractivity contribution in [2.45, 2.75) is 13.3 Å². The Balaban J connectivity index is 2.86. The van der Waals surface area contributed by atoms with Gasteiger partial charge in [0.05, 0.1) is 0 Å². The Kier molecular flexibility index (Phi) is 3.28. The number of benzene rings is 1. The fourth-order valence-electron chi connectivity index (χ4n) is 0.991. The standard InChI is InChI=1S/C9H11ClS/c1-7-6-8(4-5-11)2-3-9(7)10/h2-3,6,11H,4-5H2,1H3. The van der Waals surface area contributed by atoms with Crippen LogP contribution < -0.4 is 0 Å². The Hall–Kier alpha value is -0.140. The van der Waals surface area contributed by atoms with E-state index in [-0.39, 0.29) is 0 Å². The van der Waals surface area contributed by atoms with Gasteiger partial charge in [0.2, 0.25) is 0 Å². The maximum Gasteiger partial charge on any atom is 0.0435 e. The third-order valence-corrected chi connectivity index (χ3v) is 2.27. The minimum atomic E-state index is 0.841. The van der Waals surface area contributed by atoms with E-state index in [0.29, 0.717) is 0 Å². The highest BCUT2D eigenvalue weighted by molar-refractivity contribution is 7.80. The molecule has 0 aliphatic rings. The molecule has 0 atom stereocenters. The molecule has 1 aromatic rings. The normalized spacial score (nSPS) is 10.1. The molecule has 1 aromatic carbocycles. The van der Waals surface area contributed by atoms with Crippen molar-refractivity contribution in [2.24, 2.45) is 0 Å². The molecule has 0 heterocycles. The lowest BCUT2D eigenvalue weighted by Crippen LogP contribution is -1.86. The first-order valence-corrected chi connectivity index (χ1v) is 4.61. The van der Waals surface area contributed by atoms with E-state index in [1.807, 2.05) is 19.1 Å². The second-order valence-corrected chi connectivity index (χ2v) is 3.41. The van der Waals surface area contributed by atoms with E-state index in [4.69, 9.17) is 11.6 Å². The van der Waals surface area contributed by atoms with Crippen LogP contribution in [0.25, 0.3) is 0 Å². The largest absolute Gasteiger partial charge is 0.179 e. The van der Waals surface area contributed by atoms with Gasteiger partial charge in [0.15, 0.2) is 0 Å². The van der Waals surface area contributed by atoms with E-state index in [2.05, 4.69) is 18.7 Å². The lowest BCUT2D eigenvalue weighted by atomic mass is 10.1. The average Bonchev–Trinajstić information content (AvgIpc) is 1.98. The van der Waals surface area contributed by atoms with Gasteiger partial charge in [0.25, 0.3) is 0 Å². The van der Waals surface area contributed by atoms with Crippen LogP contribution in [0.15, 0.2) is 18.2 Å². The molecule has 0 fully saturated rings. The minimum absolute atomic E-state index is 0.841. The molecule has 0 radical (unpaired) electrons. The van der Waals surface area contributed by atoms with Gasteiger partial charge in [0.1, 0.15) is 0 Å². The summed E-state index contributed by atoms with van der Waals surface area (Å²) in [6, 6.07) is 6.10. The molecular formula is C9H11ClS. The van der Waals surface area contributed by atoms with Crippen molar-refractivity contribution < 1.29 is 0 Å². The minimum Gasteiger partial charge on any atom is -0.179 e. The van der Waals surface area contributed by atoms with Crippen molar-refractivity contribution in [3.8, 4) is 0 Å². The van der Waals surface area contributed by atoms with Crippen LogP contribution >= 0.6 is 24.2 Å². The molecule has 0 spiro atoms. The Morgan fingerprint density at radius 3 is 2.73 bits per heavy atom. The van der Waals surface area contributed by atoms with Gasteiger partial charge >= 0.3 is 0 Å². The van der Waals surface area contributed by atoms with Crippen LogP contribution in [-0.2, 0) is 6.42 Å². The summed E-state index contributed by atoms with van der Waals surface area (Å²) < 4.78 is 0. The maximum atomic E-state index is 5.86. The average molecular weight is 187 g/mol. The molecule has 60 valence electrons. The van der Waals surface area contributed by atoms with Crippen LogP contribution in [0.4, 0.5) is 0 Å². The number of aryl methyl sites for hydroxylation is 2. The van der Waals surface area contributed by atoms with Crippen LogP contribution in [-0.4, -0.2) is 5.75 Å². The van der Waals surface area contributed by atoms with Gasteiger partial charge in [0, 0.05) is 5.02 Å². The Bertz CT molecular complexity index is 245. The molecule has 0 bridgehead atoms. The summed E-state index contributed by atoms with van der Waals surface area (Å²) in [7, 11) is 0. The molecule has 0 amide bonds. The highest BCUT2D eigenvalue weighted by Gasteiger charge is 1.95. The Labute approximate surface area is 78.0 Å². The van der Waals surface area contributed by atoms with Crippen LogP contribution in [0.5, 0.6) is 0 Å². The second-order valence-electron chi connectivity index (χ2n) is 2.56. The summed E-state index contributed by atoms with van der Waals surface area (Å²) in [6.07, 6.45) is 1.01. The van der Waals surface area contributed by atoms with Gasteiger partial charge < -0.3 is 0 Å². The fraction of sp³-hybridized carbons (Fsp3) is 0.333. The Morgan fingerprint density at radius 1 is 1.45 bits per heavy atom. The molecule has 0 aromatic heterocycles. The quantitative estimate of drug-likeness (QED) is 0.675. The van der Waals surface area contributed by atoms with Gasteiger partial charge in [-0.3, -0.25) is 0 Å². The highest BCUT2D eigenvalue weighted by Crippen LogP contribution is 2.16. The van der Waals surface area contributed by atoms with Crippen molar-refractivity contribution in [3.63, 3.8) is 0 Å². The molecule has 2 heteroatoms. The molecule has 0 aliphatic carbocycles. The second kappa shape index (κ2) is 4.03. The van der Waals surface area contributed by atoms with Crippen molar-refractivity contribution in [3.05, 3.63) is 34.3 Å². The summed E-state index contributed by atoms with van der Waals surface area (Å²) in [5, 5.41) is 0.841. The molecular weight excluding hydrogens is 176 g/mol. The smallest absolute Gasteiger partial charge is 0.0435 e. The third kappa shape index (κ3) is 2.42. The van der Waals surface area contributed by atoms with Gasteiger partial charge in [-0.25, -0.2) is 0 Å². The van der Waals surface area contributed by atoms with E-state index in [0.717, 1.165) is 22.8 Å². The maximum absolute atomic E-state index is 5.86. The summed E-state index contributed by atoms with van der Waals surface area (Å²) in [6.45, 7) is 2.02. The van der Waals surface area contributed by atoms with Gasteiger partial charge in [-0.2, -0.15) is 12.6 Å². The first-order valence-electron chi connectivity index (χ1n) is 3.60. The SMILES string of the molecule is Cc1cc(CCS)ccc1Cl. The summed E-state index contributed by atoms with van der Waals surface area (Å²) >= 11 is 10.0. The molecule has 0 nitrogen and oxygen atoms in total. The summed E-state index contributed by atoms with van der Waals surface area (Å²) in [5.74, 6) is 0.890. The molecule has 1 rings (SSSR count). The number of hydrogen-bond donors (Lipinski definition) is 1. The molecule has 11 heavy (non-hydrogen) atoms. The Morgan fingerprint density at radius 2 is 2.18 bits per heavy atom. The van der Waals surface area contributed by atoms with E-state index in [1.54, 1.807) is 0 Å². The molecule has 0 N–H and O–H groups in total. The van der Waals surface area contributed by atoms with E-state index in [9.17, 15) is 0 Å². The zero-order valence-electron chi connectivity index (χ0n) is 6.47. The molecule has 0 unspecified atom stereocenters. The van der Waals surface area contributed by atoms with Crippen LogP contribution in [0.2, 0.25) is 5.02 Å². The predicted molar refractivity (Wildman–Crippen MR) is 53.7 cm³/mol.